The summed E-state index contributed by atoms with van der Waals surface area (Å²) < 4.78 is 10.2. The summed E-state index contributed by atoms with van der Waals surface area (Å²) >= 11 is 0.725. The average Bonchev–Trinajstić information content (AvgIpc) is 2.99. The molecule has 1 aliphatic heterocycles. The van der Waals surface area contributed by atoms with Crippen LogP contribution in [0.3, 0.4) is 0 Å². The Morgan fingerprint density at radius 3 is 2.70 bits per heavy atom. The maximum absolute atomic E-state index is 12.4. The van der Waals surface area contributed by atoms with E-state index >= 15 is 0 Å². The van der Waals surface area contributed by atoms with E-state index < -0.39 is 28.6 Å². The number of hydrogen-bond donors (Lipinski definition) is 0. The predicted octanol–water partition coefficient (Wildman–Crippen LogP) is 3.38. The van der Waals surface area contributed by atoms with Gasteiger partial charge in [0.2, 0.25) is 0 Å². The van der Waals surface area contributed by atoms with E-state index in [4.69, 9.17) is 4.74 Å². The van der Waals surface area contributed by atoms with Crippen LogP contribution in [0.1, 0.15) is 11.1 Å². The Morgan fingerprint density at radius 2 is 1.97 bits per heavy atom. The van der Waals surface area contributed by atoms with E-state index in [-0.39, 0.29) is 17.2 Å². The third-order valence-electron chi connectivity index (χ3n) is 4.13. The van der Waals surface area contributed by atoms with Gasteiger partial charge in [-0.25, -0.2) is 0 Å². The van der Waals surface area contributed by atoms with Gasteiger partial charge in [-0.05, 0) is 41.6 Å². The van der Waals surface area contributed by atoms with Crippen LogP contribution >= 0.6 is 11.8 Å². The fourth-order valence-electron chi connectivity index (χ4n) is 2.65. The summed E-state index contributed by atoms with van der Waals surface area (Å²) in [6.07, 6.45) is 1.51. The summed E-state index contributed by atoms with van der Waals surface area (Å²) in [5.41, 5.74) is 0.989. The number of esters is 1. The lowest BCUT2D eigenvalue weighted by Crippen LogP contribution is -2.34. The molecule has 0 unspecified atom stereocenters. The van der Waals surface area contributed by atoms with Gasteiger partial charge in [-0.1, -0.05) is 24.3 Å². The van der Waals surface area contributed by atoms with E-state index in [1.165, 1.54) is 19.3 Å². The average molecular weight is 428 g/mol. The van der Waals surface area contributed by atoms with Gasteiger partial charge in [0.1, 0.15) is 18.9 Å². The lowest BCUT2D eigenvalue weighted by molar-refractivity contribution is -0.385. The van der Waals surface area contributed by atoms with Gasteiger partial charge in [0, 0.05) is 6.07 Å². The molecule has 2 amide bonds. The molecule has 0 bridgehead atoms. The predicted molar refractivity (Wildman–Crippen MR) is 109 cm³/mol. The zero-order chi connectivity index (χ0) is 21.7. The minimum Gasteiger partial charge on any atom is -0.489 e. The number of nitrogens with zero attached hydrogens (tertiary/aromatic N) is 2. The molecule has 154 valence electrons. The molecule has 0 N–H and O–H groups in total. The van der Waals surface area contributed by atoms with Crippen LogP contribution in [0, 0.1) is 10.1 Å². The van der Waals surface area contributed by atoms with Crippen molar-refractivity contribution in [1.29, 1.82) is 0 Å². The van der Waals surface area contributed by atoms with Crippen LogP contribution in [0.25, 0.3) is 6.08 Å². The second kappa shape index (κ2) is 9.23. The molecule has 0 atom stereocenters. The molecule has 30 heavy (non-hydrogen) atoms. The van der Waals surface area contributed by atoms with E-state index in [1.807, 2.05) is 0 Å². The number of ether oxygens (including phenoxy) is 2. The number of benzene rings is 2. The Labute approximate surface area is 175 Å². The molecule has 9 nitrogen and oxygen atoms in total. The maximum Gasteiger partial charge on any atom is 0.325 e. The summed E-state index contributed by atoms with van der Waals surface area (Å²) in [5, 5.41) is 10.5. The number of nitro groups is 1. The van der Waals surface area contributed by atoms with Crippen molar-refractivity contribution in [3.8, 4) is 5.75 Å². The van der Waals surface area contributed by atoms with Crippen LogP contribution < -0.4 is 4.74 Å². The minimum absolute atomic E-state index is 0.00372. The quantitative estimate of drug-likeness (QED) is 0.285. The van der Waals surface area contributed by atoms with Gasteiger partial charge in [0.15, 0.2) is 0 Å². The molecule has 3 rings (SSSR count). The van der Waals surface area contributed by atoms with Gasteiger partial charge >= 0.3 is 5.97 Å². The number of thioether (sulfide) groups is 1. The molecule has 2 aromatic rings. The number of amides is 2. The Bertz CT molecular complexity index is 1050. The molecular weight excluding hydrogens is 412 g/mol. The first-order valence-corrected chi connectivity index (χ1v) is 9.48. The first kappa shape index (κ1) is 21.1. The Balaban J connectivity index is 1.73. The molecule has 0 radical (unpaired) electrons. The normalized spacial score (nSPS) is 14.8. The highest BCUT2D eigenvalue weighted by atomic mass is 32.2. The number of para-hydroxylation sites is 1. The van der Waals surface area contributed by atoms with Crippen LogP contribution in [0.15, 0.2) is 53.4 Å². The Morgan fingerprint density at radius 1 is 1.20 bits per heavy atom. The zero-order valence-corrected chi connectivity index (χ0v) is 16.6. The molecule has 1 saturated heterocycles. The third-order valence-corrected chi connectivity index (χ3v) is 5.03. The number of carbonyl (C=O) groups is 3. The van der Waals surface area contributed by atoms with Crippen LogP contribution in [-0.2, 0) is 20.9 Å². The molecule has 0 saturated carbocycles. The van der Waals surface area contributed by atoms with Crippen LogP contribution in [0.4, 0.5) is 10.5 Å². The molecule has 0 aliphatic carbocycles. The second-order valence-corrected chi connectivity index (χ2v) is 7.08. The Kier molecular flexibility index (Phi) is 6.48. The number of carbonyl (C=O) groups excluding carboxylic acids is 3. The number of imide groups is 1. The topological polar surface area (TPSA) is 116 Å². The number of rotatable bonds is 7. The van der Waals surface area contributed by atoms with E-state index in [9.17, 15) is 24.5 Å². The number of hydrogen-bond acceptors (Lipinski definition) is 8. The lowest BCUT2D eigenvalue weighted by Gasteiger charge is -2.09. The summed E-state index contributed by atoms with van der Waals surface area (Å²) in [7, 11) is 1.17. The van der Waals surface area contributed by atoms with Crippen LogP contribution in [0.5, 0.6) is 5.75 Å². The zero-order valence-electron chi connectivity index (χ0n) is 15.8. The van der Waals surface area contributed by atoms with E-state index in [0.29, 0.717) is 16.9 Å². The van der Waals surface area contributed by atoms with Gasteiger partial charge in [-0.3, -0.25) is 29.4 Å². The summed E-state index contributed by atoms with van der Waals surface area (Å²) in [4.78, 5) is 47.3. The first-order chi connectivity index (χ1) is 14.4. The minimum atomic E-state index is -0.691. The first-order valence-electron chi connectivity index (χ1n) is 8.66. The van der Waals surface area contributed by atoms with E-state index in [1.54, 1.807) is 42.5 Å². The van der Waals surface area contributed by atoms with Gasteiger partial charge < -0.3 is 9.47 Å². The third kappa shape index (κ3) is 4.84. The smallest absolute Gasteiger partial charge is 0.325 e. The van der Waals surface area contributed by atoms with Crippen LogP contribution in [0.2, 0.25) is 0 Å². The van der Waals surface area contributed by atoms with Crippen molar-refractivity contribution in [1.82, 2.24) is 4.90 Å². The fourth-order valence-corrected chi connectivity index (χ4v) is 3.49. The van der Waals surface area contributed by atoms with Crippen molar-refractivity contribution >= 4 is 40.6 Å². The highest BCUT2D eigenvalue weighted by Gasteiger charge is 2.36. The highest BCUT2D eigenvalue weighted by Crippen LogP contribution is 2.32. The molecule has 1 aliphatic rings. The van der Waals surface area contributed by atoms with E-state index in [0.717, 1.165) is 16.7 Å². The van der Waals surface area contributed by atoms with Gasteiger partial charge in [0.25, 0.3) is 16.8 Å². The summed E-state index contributed by atoms with van der Waals surface area (Å²) in [5.74, 6) is -0.832. The van der Waals surface area contributed by atoms with Gasteiger partial charge in [0.05, 0.1) is 22.5 Å². The number of nitro benzene ring substituents is 1. The molecule has 1 heterocycles. The second-order valence-electron chi connectivity index (χ2n) is 6.09. The fraction of sp³-hybridized carbons (Fsp3) is 0.150. The van der Waals surface area contributed by atoms with Crippen LogP contribution in [-0.4, -0.2) is 40.6 Å². The van der Waals surface area contributed by atoms with Crippen molar-refractivity contribution in [3.63, 3.8) is 0 Å². The number of methoxy groups -OCH3 is 1. The lowest BCUT2D eigenvalue weighted by atomic mass is 10.2. The van der Waals surface area contributed by atoms with Crippen molar-refractivity contribution in [2.75, 3.05) is 13.7 Å². The summed E-state index contributed by atoms with van der Waals surface area (Å²) in [6, 6.07) is 13.0. The van der Waals surface area contributed by atoms with Gasteiger partial charge in [-0.15, -0.1) is 0 Å². The van der Waals surface area contributed by atoms with E-state index in [2.05, 4.69) is 4.74 Å². The molecule has 10 heteroatoms. The molecule has 0 aromatic heterocycles. The molecule has 2 aromatic carbocycles. The molecule has 1 fully saturated rings. The molecular formula is C20H16N2O7S. The van der Waals surface area contributed by atoms with Crippen molar-refractivity contribution in [2.45, 2.75) is 6.61 Å². The maximum atomic E-state index is 12.4. The monoisotopic (exact) mass is 428 g/mol. The molecule has 0 spiro atoms. The highest BCUT2D eigenvalue weighted by molar-refractivity contribution is 8.18. The standard InChI is InChI=1S/C20H16N2O7S/c1-28-18(23)11-21-19(24)17(30-20(21)25)10-13-5-4-7-15(9-13)29-12-14-6-2-3-8-16(14)22(26)27/h2-10H,11-12H2,1H3/b17-10-. The Hall–Kier alpha value is -3.66. The van der Waals surface area contributed by atoms with Crippen molar-refractivity contribution < 1.29 is 28.8 Å². The largest absolute Gasteiger partial charge is 0.489 e. The van der Waals surface area contributed by atoms with Crippen molar-refractivity contribution in [2.24, 2.45) is 0 Å². The van der Waals surface area contributed by atoms with Gasteiger partial charge in [-0.2, -0.15) is 0 Å². The summed E-state index contributed by atoms with van der Waals surface area (Å²) in [6.45, 7) is -0.451. The van der Waals surface area contributed by atoms with Crippen molar-refractivity contribution in [3.05, 3.63) is 74.7 Å². The SMILES string of the molecule is COC(=O)CN1C(=O)S/C(=C\c2cccc(OCc3ccccc3[N+](=O)[O-])c2)C1=O.